The highest BCUT2D eigenvalue weighted by molar-refractivity contribution is 6.42. The van der Waals surface area contributed by atoms with Crippen molar-refractivity contribution in [3.05, 3.63) is 61.8 Å². The Bertz CT molecular complexity index is 1120. The lowest BCUT2D eigenvalue weighted by atomic mass is 10.1. The minimum absolute atomic E-state index is 0.0128. The summed E-state index contributed by atoms with van der Waals surface area (Å²) in [5.74, 6) is -0.822. The molecule has 2 heterocycles. The predicted octanol–water partition coefficient (Wildman–Crippen LogP) is 3.66. The maximum atomic E-state index is 12.8. The van der Waals surface area contributed by atoms with Crippen LogP contribution in [0, 0.1) is 6.92 Å². The average molecular weight is 409 g/mol. The number of ketones is 1. The van der Waals surface area contributed by atoms with Gasteiger partial charge in [-0.15, -0.1) is 0 Å². The molecule has 3 aromatic rings. The number of Topliss-reactive ketones (excluding diaryl/α,β-unsaturated/α-hetero) is 1. The standard InChI is InChI=1S/C18H14Cl2N2O5/c1-3-26-18(25)14-9(2)27-16-15(14)17(24)22(8-21-16)7-13(23)10-4-5-11(19)12(20)6-10/h4-6,8H,3,7H2,1-2H3. The highest BCUT2D eigenvalue weighted by atomic mass is 35.5. The van der Waals surface area contributed by atoms with Crippen molar-refractivity contribution in [1.29, 1.82) is 0 Å². The highest BCUT2D eigenvalue weighted by Crippen LogP contribution is 2.24. The molecule has 9 heteroatoms. The molecule has 0 aliphatic carbocycles. The number of aromatic nitrogens is 2. The number of furan rings is 1. The van der Waals surface area contributed by atoms with E-state index >= 15 is 0 Å². The first-order valence-electron chi connectivity index (χ1n) is 7.97. The summed E-state index contributed by atoms with van der Waals surface area (Å²) >= 11 is 11.8. The molecule has 0 unspecified atom stereocenters. The van der Waals surface area contributed by atoms with Crippen molar-refractivity contribution >= 4 is 46.1 Å². The van der Waals surface area contributed by atoms with Crippen LogP contribution in [0.3, 0.4) is 0 Å². The number of benzene rings is 1. The Kier molecular flexibility index (Phi) is 5.34. The Balaban J connectivity index is 2.02. The molecule has 0 radical (unpaired) electrons. The lowest BCUT2D eigenvalue weighted by Crippen LogP contribution is -2.25. The summed E-state index contributed by atoms with van der Waals surface area (Å²) < 4.78 is 11.5. The number of halogens is 2. The maximum Gasteiger partial charge on any atom is 0.342 e. The molecule has 0 bridgehead atoms. The summed E-state index contributed by atoms with van der Waals surface area (Å²) in [6.45, 7) is 3.06. The number of carbonyl (C=O) groups is 2. The van der Waals surface area contributed by atoms with Crippen molar-refractivity contribution in [3.8, 4) is 0 Å². The van der Waals surface area contributed by atoms with Crippen LogP contribution < -0.4 is 5.56 Å². The molecule has 27 heavy (non-hydrogen) atoms. The van der Waals surface area contributed by atoms with Crippen LogP contribution in [-0.4, -0.2) is 27.9 Å². The topological polar surface area (TPSA) is 91.4 Å². The summed E-state index contributed by atoms with van der Waals surface area (Å²) in [6, 6.07) is 4.44. The molecule has 0 aliphatic heterocycles. The van der Waals surface area contributed by atoms with Gasteiger partial charge in [-0.2, -0.15) is 0 Å². The summed E-state index contributed by atoms with van der Waals surface area (Å²) in [5.41, 5.74) is -0.252. The number of carbonyl (C=O) groups excluding carboxylic acids is 2. The Morgan fingerprint density at radius 1 is 1.26 bits per heavy atom. The van der Waals surface area contributed by atoms with Gasteiger partial charge in [-0.05, 0) is 32.0 Å². The molecule has 0 saturated carbocycles. The third-order valence-corrected chi connectivity index (χ3v) is 4.63. The van der Waals surface area contributed by atoms with E-state index in [0.29, 0.717) is 10.6 Å². The minimum Gasteiger partial charge on any atom is -0.462 e. The third kappa shape index (κ3) is 3.61. The Labute approximate surface area is 163 Å². The van der Waals surface area contributed by atoms with Crippen LogP contribution in [-0.2, 0) is 11.3 Å². The average Bonchev–Trinajstić information content (AvgIpc) is 2.96. The molecule has 0 aliphatic rings. The smallest absolute Gasteiger partial charge is 0.342 e. The van der Waals surface area contributed by atoms with Crippen molar-refractivity contribution in [2.45, 2.75) is 20.4 Å². The highest BCUT2D eigenvalue weighted by Gasteiger charge is 2.24. The van der Waals surface area contributed by atoms with E-state index in [9.17, 15) is 14.4 Å². The summed E-state index contributed by atoms with van der Waals surface area (Å²) in [6.07, 6.45) is 1.19. The third-order valence-electron chi connectivity index (χ3n) is 3.89. The van der Waals surface area contributed by atoms with Crippen molar-refractivity contribution in [2.75, 3.05) is 6.61 Å². The van der Waals surface area contributed by atoms with Crippen molar-refractivity contribution in [3.63, 3.8) is 0 Å². The van der Waals surface area contributed by atoms with E-state index in [4.69, 9.17) is 32.4 Å². The minimum atomic E-state index is -0.679. The summed E-state index contributed by atoms with van der Waals surface area (Å²) in [7, 11) is 0. The molecule has 0 spiro atoms. The van der Waals surface area contributed by atoms with Crippen LogP contribution in [0.5, 0.6) is 0 Å². The van der Waals surface area contributed by atoms with Crippen LogP contribution in [0.2, 0.25) is 10.0 Å². The lowest BCUT2D eigenvalue weighted by Gasteiger charge is -2.06. The molecule has 3 rings (SSSR count). The Hall–Kier alpha value is -2.64. The van der Waals surface area contributed by atoms with Gasteiger partial charge in [0.05, 0.1) is 23.2 Å². The van der Waals surface area contributed by atoms with E-state index in [0.717, 1.165) is 4.57 Å². The fraction of sp³-hybridized carbons (Fsp3) is 0.222. The SMILES string of the molecule is CCOC(=O)c1c(C)oc2ncn(CC(=O)c3ccc(Cl)c(Cl)c3)c(=O)c12. The molecule has 0 saturated heterocycles. The molecule has 0 fully saturated rings. The van der Waals surface area contributed by atoms with E-state index < -0.39 is 11.5 Å². The van der Waals surface area contributed by atoms with Gasteiger partial charge >= 0.3 is 5.97 Å². The number of hydrogen-bond donors (Lipinski definition) is 0. The van der Waals surface area contributed by atoms with E-state index in [1.165, 1.54) is 24.5 Å². The lowest BCUT2D eigenvalue weighted by molar-refractivity contribution is 0.0526. The monoisotopic (exact) mass is 408 g/mol. The zero-order valence-electron chi connectivity index (χ0n) is 14.4. The first-order valence-corrected chi connectivity index (χ1v) is 8.73. The number of fused-ring (bicyclic) bond motifs is 1. The van der Waals surface area contributed by atoms with Gasteiger partial charge in [0, 0.05) is 5.56 Å². The Morgan fingerprint density at radius 3 is 2.67 bits per heavy atom. The molecule has 2 aromatic heterocycles. The number of aryl methyl sites for hydroxylation is 1. The predicted molar refractivity (Wildman–Crippen MR) is 99.8 cm³/mol. The van der Waals surface area contributed by atoms with Gasteiger partial charge in [-0.3, -0.25) is 14.2 Å². The van der Waals surface area contributed by atoms with Gasteiger partial charge in [-0.1, -0.05) is 23.2 Å². The number of hydrogen-bond acceptors (Lipinski definition) is 6. The van der Waals surface area contributed by atoms with Crippen molar-refractivity contribution in [2.24, 2.45) is 0 Å². The number of ether oxygens (including phenoxy) is 1. The second kappa shape index (κ2) is 7.54. The van der Waals surface area contributed by atoms with Crippen molar-refractivity contribution in [1.82, 2.24) is 9.55 Å². The second-order valence-corrected chi connectivity index (χ2v) is 6.48. The molecule has 0 N–H and O–H groups in total. The van der Waals surface area contributed by atoms with Crippen molar-refractivity contribution < 1.29 is 18.7 Å². The van der Waals surface area contributed by atoms with Gasteiger partial charge in [0.1, 0.15) is 23.0 Å². The molecular weight excluding hydrogens is 395 g/mol. The molecule has 140 valence electrons. The summed E-state index contributed by atoms with van der Waals surface area (Å²) in [4.78, 5) is 41.5. The Morgan fingerprint density at radius 2 is 2.00 bits per heavy atom. The zero-order valence-corrected chi connectivity index (χ0v) is 15.9. The second-order valence-electron chi connectivity index (χ2n) is 5.66. The fourth-order valence-electron chi connectivity index (χ4n) is 2.61. The number of nitrogens with zero attached hydrogens (tertiary/aromatic N) is 2. The van der Waals surface area contributed by atoms with E-state index in [1.807, 2.05) is 0 Å². The van der Waals surface area contributed by atoms with Gasteiger partial charge in [-0.25, -0.2) is 9.78 Å². The van der Waals surface area contributed by atoms with Crippen LogP contribution in [0.1, 0.15) is 33.4 Å². The van der Waals surface area contributed by atoms with Crippen LogP contribution in [0.4, 0.5) is 0 Å². The molecular formula is C18H14Cl2N2O5. The molecule has 1 aromatic carbocycles. The van der Waals surface area contributed by atoms with Gasteiger partial charge in [0.25, 0.3) is 5.56 Å². The van der Waals surface area contributed by atoms with E-state index in [-0.39, 0.29) is 46.4 Å². The zero-order chi connectivity index (χ0) is 19.7. The van der Waals surface area contributed by atoms with Crippen LogP contribution >= 0.6 is 23.2 Å². The largest absolute Gasteiger partial charge is 0.462 e. The quantitative estimate of drug-likeness (QED) is 0.472. The van der Waals surface area contributed by atoms with Gasteiger partial charge in [0.2, 0.25) is 5.71 Å². The van der Waals surface area contributed by atoms with Crippen LogP contribution in [0.25, 0.3) is 11.1 Å². The normalized spacial score (nSPS) is 11.0. The van der Waals surface area contributed by atoms with Gasteiger partial charge < -0.3 is 9.15 Å². The number of esters is 1. The first-order chi connectivity index (χ1) is 12.8. The molecule has 7 nitrogen and oxygen atoms in total. The maximum absolute atomic E-state index is 12.8. The van der Waals surface area contributed by atoms with E-state index in [2.05, 4.69) is 4.98 Å². The van der Waals surface area contributed by atoms with Crippen LogP contribution in [0.15, 0.2) is 33.7 Å². The number of rotatable bonds is 5. The first kappa shape index (κ1) is 19.1. The summed E-state index contributed by atoms with van der Waals surface area (Å²) in [5, 5.41) is 0.537. The van der Waals surface area contributed by atoms with Gasteiger partial charge in [0.15, 0.2) is 5.78 Å². The fourth-order valence-corrected chi connectivity index (χ4v) is 2.91. The molecule has 0 atom stereocenters. The molecule has 0 amide bonds. The van der Waals surface area contributed by atoms with E-state index in [1.54, 1.807) is 13.8 Å².